The third-order valence-electron chi connectivity index (χ3n) is 4.30. The van der Waals surface area contributed by atoms with Crippen molar-refractivity contribution in [1.82, 2.24) is 14.9 Å². The van der Waals surface area contributed by atoms with E-state index in [0.29, 0.717) is 6.10 Å². The van der Waals surface area contributed by atoms with Crippen LogP contribution in [0.5, 0.6) is 0 Å². The number of aryl methyl sites for hydroxylation is 2. The van der Waals surface area contributed by atoms with Crippen LogP contribution in [0, 0.1) is 6.92 Å². The Morgan fingerprint density at radius 1 is 1.42 bits per heavy atom. The van der Waals surface area contributed by atoms with Gasteiger partial charge in [-0.15, -0.1) is 11.3 Å². The van der Waals surface area contributed by atoms with Gasteiger partial charge >= 0.3 is 0 Å². The minimum atomic E-state index is 0.300. The van der Waals surface area contributed by atoms with E-state index in [1.807, 2.05) is 25.2 Å². The highest BCUT2D eigenvalue weighted by Gasteiger charge is 2.21. The van der Waals surface area contributed by atoms with Gasteiger partial charge in [0.2, 0.25) is 0 Å². The fraction of sp³-hybridized carbons (Fsp3) is 0.556. The Kier molecular flexibility index (Phi) is 5.81. The molecule has 6 heteroatoms. The molecule has 1 aliphatic rings. The molecule has 0 bridgehead atoms. The lowest BCUT2D eigenvalue weighted by Gasteiger charge is -2.32. The van der Waals surface area contributed by atoms with Crippen LogP contribution in [0.25, 0.3) is 0 Å². The number of hydrogen-bond donors (Lipinski definition) is 0. The van der Waals surface area contributed by atoms with Crippen LogP contribution < -0.4 is 4.90 Å². The van der Waals surface area contributed by atoms with Crippen LogP contribution in [0.4, 0.5) is 5.82 Å². The van der Waals surface area contributed by atoms with E-state index >= 15 is 0 Å². The number of ether oxygens (including phenoxy) is 1. The van der Waals surface area contributed by atoms with Crippen molar-refractivity contribution in [3.05, 3.63) is 40.0 Å². The summed E-state index contributed by atoms with van der Waals surface area (Å²) in [4.78, 5) is 13.4. The maximum absolute atomic E-state index is 5.97. The first-order chi connectivity index (χ1) is 11.6. The summed E-state index contributed by atoms with van der Waals surface area (Å²) < 4.78 is 5.97. The Balaban J connectivity index is 1.51. The van der Waals surface area contributed by atoms with E-state index in [1.165, 1.54) is 11.3 Å². The predicted octanol–water partition coefficient (Wildman–Crippen LogP) is 2.75. The second-order valence-electron chi connectivity index (χ2n) is 6.54. The van der Waals surface area contributed by atoms with Crippen molar-refractivity contribution < 1.29 is 4.74 Å². The lowest BCUT2D eigenvalue weighted by Crippen LogP contribution is -2.42. The van der Waals surface area contributed by atoms with E-state index in [1.54, 1.807) is 11.3 Å². The second-order valence-corrected chi connectivity index (χ2v) is 7.60. The summed E-state index contributed by atoms with van der Waals surface area (Å²) in [6.07, 6.45) is 4.26. The SMILES string of the molecule is Cc1nc(CN2CCOC(CCc3ccnc(N(C)C)c3)C2)cs1. The van der Waals surface area contributed by atoms with Crippen molar-refractivity contribution in [3.8, 4) is 0 Å². The summed E-state index contributed by atoms with van der Waals surface area (Å²) in [5, 5.41) is 3.31. The average Bonchev–Trinajstić information content (AvgIpc) is 2.98. The lowest BCUT2D eigenvalue weighted by molar-refractivity contribution is -0.0348. The summed E-state index contributed by atoms with van der Waals surface area (Å²) in [5.41, 5.74) is 2.51. The maximum atomic E-state index is 5.97. The molecular weight excluding hydrogens is 320 g/mol. The Bertz CT molecular complexity index is 658. The van der Waals surface area contributed by atoms with Gasteiger partial charge in [-0.3, -0.25) is 4.90 Å². The number of aromatic nitrogens is 2. The highest BCUT2D eigenvalue weighted by Crippen LogP contribution is 2.17. The van der Waals surface area contributed by atoms with Crippen molar-refractivity contribution in [2.45, 2.75) is 32.4 Å². The molecule has 0 aliphatic carbocycles. The molecule has 130 valence electrons. The van der Waals surface area contributed by atoms with Gasteiger partial charge in [-0.05, 0) is 37.5 Å². The van der Waals surface area contributed by atoms with Gasteiger partial charge in [-0.1, -0.05) is 0 Å². The molecule has 3 heterocycles. The van der Waals surface area contributed by atoms with Crippen molar-refractivity contribution in [1.29, 1.82) is 0 Å². The van der Waals surface area contributed by atoms with E-state index < -0.39 is 0 Å². The number of anilines is 1. The third kappa shape index (κ3) is 4.75. The molecule has 2 aromatic rings. The molecule has 2 aromatic heterocycles. The fourth-order valence-corrected chi connectivity index (χ4v) is 3.60. The topological polar surface area (TPSA) is 41.5 Å². The summed E-state index contributed by atoms with van der Waals surface area (Å²) in [7, 11) is 4.04. The summed E-state index contributed by atoms with van der Waals surface area (Å²) in [6, 6.07) is 4.27. The number of nitrogens with zero attached hydrogens (tertiary/aromatic N) is 4. The molecule has 1 unspecified atom stereocenters. The van der Waals surface area contributed by atoms with Gasteiger partial charge in [0.15, 0.2) is 0 Å². The van der Waals surface area contributed by atoms with E-state index in [0.717, 1.165) is 49.9 Å². The van der Waals surface area contributed by atoms with Crippen molar-refractivity contribution in [2.75, 3.05) is 38.7 Å². The quantitative estimate of drug-likeness (QED) is 0.804. The smallest absolute Gasteiger partial charge is 0.128 e. The van der Waals surface area contributed by atoms with Gasteiger partial charge in [-0.2, -0.15) is 0 Å². The van der Waals surface area contributed by atoms with Gasteiger partial charge in [0.25, 0.3) is 0 Å². The molecule has 3 rings (SSSR count). The zero-order valence-electron chi connectivity index (χ0n) is 14.7. The van der Waals surface area contributed by atoms with Crippen molar-refractivity contribution >= 4 is 17.2 Å². The largest absolute Gasteiger partial charge is 0.376 e. The van der Waals surface area contributed by atoms with E-state index in [2.05, 4.69) is 39.3 Å². The van der Waals surface area contributed by atoms with Crippen molar-refractivity contribution in [3.63, 3.8) is 0 Å². The molecule has 1 atom stereocenters. The average molecular weight is 347 g/mol. The molecule has 0 amide bonds. The molecule has 1 saturated heterocycles. The maximum Gasteiger partial charge on any atom is 0.128 e. The molecule has 0 N–H and O–H groups in total. The van der Waals surface area contributed by atoms with Crippen LogP contribution in [0.1, 0.15) is 22.7 Å². The number of rotatable bonds is 6. The Hall–Kier alpha value is -1.50. The van der Waals surface area contributed by atoms with E-state index in [4.69, 9.17) is 4.74 Å². The molecule has 0 radical (unpaired) electrons. The molecular formula is C18H26N4OS. The second kappa shape index (κ2) is 8.05. The summed E-state index contributed by atoms with van der Waals surface area (Å²) >= 11 is 1.73. The zero-order valence-corrected chi connectivity index (χ0v) is 15.6. The monoisotopic (exact) mass is 346 g/mol. The number of hydrogen-bond acceptors (Lipinski definition) is 6. The fourth-order valence-electron chi connectivity index (χ4n) is 3.00. The van der Waals surface area contributed by atoms with E-state index in [9.17, 15) is 0 Å². The van der Waals surface area contributed by atoms with Gasteiger partial charge in [0, 0.05) is 45.3 Å². The van der Waals surface area contributed by atoms with Crippen LogP contribution in [-0.4, -0.2) is 54.8 Å². The van der Waals surface area contributed by atoms with Crippen LogP contribution in [0.15, 0.2) is 23.7 Å². The van der Waals surface area contributed by atoms with Crippen LogP contribution >= 0.6 is 11.3 Å². The highest BCUT2D eigenvalue weighted by molar-refractivity contribution is 7.09. The Morgan fingerprint density at radius 2 is 2.29 bits per heavy atom. The van der Waals surface area contributed by atoms with Crippen LogP contribution in [0.2, 0.25) is 0 Å². The first-order valence-corrected chi connectivity index (χ1v) is 9.35. The third-order valence-corrected chi connectivity index (χ3v) is 5.12. The Labute approximate surface area is 148 Å². The lowest BCUT2D eigenvalue weighted by atomic mass is 10.1. The van der Waals surface area contributed by atoms with Gasteiger partial charge in [0.05, 0.1) is 23.4 Å². The summed E-state index contributed by atoms with van der Waals surface area (Å²) in [6.45, 7) is 5.79. The molecule has 24 heavy (non-hydrogen) atoms. The van der Waals surface area contributed by atoms with Gasteiger partial charge in [-0.25, -0.2) is 9.97 Å². The molecule has 1 aliphatic heterocycles. The van der Waals surface area contributed by atoms with Crippen molar-refractivity contribution in [2.24, 2.45) is 0 Å². The van der Waals surface area contributed by atoms with E-state index in [-0.39, 0.29) is 0 Å². The normalized spacial score (nSPS) is 18.7. The first kappa shape index (κ1) is 17.3. The van der Waals surface area contributed by atoms with Gasteiger partial charge in [0.1, 0.15) is 5.82 Å². The number of pyridine rings is 1. The number of thiazole rings is 1. The Morgan fingerprint density at radius 3 is 3.04 bits per heavy atom. The summed E-state index contributed by atoms with van der Waals surface area (Å²) in [5.74, 6) is 1.01. The minimum Gasteiger partial charge on any atom is -0.376 e. The zero-order chi connectivity index (χ0) is 16.9. The molecule has 0 spiro atoms. The molecule has 0 aromatic carbocycles. The molecule has 1 fully saturated rings. The predicted molar refractivity (Wildman–Crippen MR) is 98.8 cm³/mol. The highest BCUT2D eigenvalue weighted by atomic mass is 32.1. The molecule has 5 nitrogen and oxygen atoms in total. The first-order valence-electron chi connectivity index (χ1n) is 8.47. The van der Waals surface area contributed by atoms with Crippen LogP contribution in [0.3, 0.4) is 0 Å². The standard InChI is InChI=1S/C18H26N4OS/c1-14-20-16(13-24-14)11-22-8-9-23-17(12-22)5-4-15-6-7-19-18(10-15)21(2)3/h6-7,10,13,17H,4-5,8-9,11-12H2,1-3H3. The van der Waals surface area contributed by atoms with Crippen LogP contribution in [-0.2, 0) is 17.7 Å². The number of morpholine rings is 1. The molecule has 0 saturated carbocycles. The van der Waals surface area contributed by atoms with Gasteiger partial charge < -0.3 is 9.64 Å². The minimum absolute atomic E-state index is 0.300.